The average Bonchev–Trinajstić information content (AvgIpc) is 2.66. The van der Waals surface area contributed by atoms with Crippen molar-refractivity contribution in [3.05, 3.63) is 34.6 Å². The maximum absolute atomic E-state index is 13.5. The Balaban J connectivity index is 1.95. The van der Waals surface area contributed by atoms with Gasteiger partial charge in [0.2, 0.25) is 0 Å². The van der Waals surface area contributed by atoms with Crippen molar-refractivity contribution in [2.24, 2.45) is 0 Å². The molecule has 6 heteroatoms. The zero-order chi connectivity index (χ0) is 14.0. The second kappa shape index (κ2) is 5.45. The van der Waals surface area contributed by atoms with Gasteiger partial charge in [0.15, 0.2) is 5.79 Å². The highest BCUT2D eigenvalue weighted by Gasteiger charge is 2.32. The summed E-state index contributed by atoms with van der Waals surface area (Å²) in [6.07, 6.45) is -0.246. The third kappa shape index (κ3) is 3.43. The normalized spacial score (nSPS) is 21.4. The first kappa shape index (κ1) is 14.2. The summed E-state index contributed by atoms with van der Waals surface area (Å²) in [6, 6.07) is 4.11. The van der Waals surface area contributed by atoms with Crippen molar-refractivity contribution < 1.29 is 18.7 Å². The van der Waals surface area contributed by atoms with E-state index in [9.17, 15) is 9.18 Å². The SMILES string of the molecule is CC1(C)OCC(CNC(=O)c2c(F)cccc2Cl)O1. The third-order valence-corrected chi connectivity index (χ3v) is 3.06. The smallest absolute Gasteiger partial charge is 0.255 e. The quantitative estimate of drug-likeness (QED) is 0.928. The van der Waals surface area contributed by atoms with Crippen LogP contribution >= 0.6 is 11.6 Å². The van der Waals surface area contributed by atoms with E-state index in [1.807, 2.05) is 0 Å². The molecular weight excluding hydrogens is 273 g/mol. The Morgan fingerprint density at radius 2 is 2.32 bits per heavy atom. The van der Waals surface area contributed by atoms with E-state index < -0.39 is 17.5 Å². The number of ether oxygens (including phenoxy) is 2. The molecule has 0 bridgehead atoms. The van der Waals surface area contributed by atoms with Crippen LogP contribution < -0.4 is 5.32 Å². The molecule has 1 aromatic rings. The topological polar surface area (TPSA) is 47.6 Å². The Morgan fingerprint density at radius 3 is 2.89 bits per heavy atom. The molecule has 1 fully saturated rings. The van der Waals surface area contributed by atoms with Gasteiger partial charge in [-0.15, -0.1) is 0 Å². The van der Waals surface area contributed by atoms with Gasteiger partial charge in [0.05, 0.1) is 17.2 Å². The number of carbonyl (C=O) groups excluding carboxylic acids is 1. The highest BCUT2D eigenvalue weighted by atomic mass is 35.5. The lowest BCUT2D eigenvalue weighted by atomic mass is 10.2. The average molecular weight is 288 g/mol. The summed E-state index contributed by atoms with van der Waals surface area (Å²) in [5, 5.41) is 2.68. The monoisotopic (exact) mass is 287 g/mol. The molecule has 0 aromatic heterocycles. The van der Waals surface area contributed by atoms with Gasteiger partial charge in [-0.05, 0) is 26.0 Å². The number of carbonyl (C=O) groups is 1. The van der Waals surface area contributed by atoms with Gasteiger partial charge in [-0.2, -0.15) is 0 Å². The molecule has 1 unspecified atom stereocenters. The molecule has 0 radical (unpaired) electrons. The van der Waals surface area contributed by atoms with Crippen LogP contribution in [-0.2, 0) is 9.47 Å². The third-order valence-electron chi connectivity index (χ3n) is 2.75. The molecular formula is C13H15ClFNO3. The van der Waals surface area contributed by atoms with Crippen LogP contribution in [0, 0.1) is 5.82 Å². The Bertz CT molecular complexity index is 473. The zero-order valence-corrected chi connectivity index (χ0v) is 11.5. The van der Waals surface area contributed by atoms with Crippen LogP contribution in [0.25, 0.3) is 0 Å². The number of hydrogen-bond acceptors (Lipinski definition) is 3. The summed E-state index contributed by atoms with van der Waals surface area (Å²) in [6.45, 7) is 4.22. The molecule has 0 spiro atoms. The van der Waals surface area contributed by atoms with Crippen LogP contribution in [0.1, 0.15) is 24.2 Å². The van der Waals surface area contributed by atoms with Gasteiger partial charge in [0, 0.05) is 6.54 Å². The van der Waals surface area contributed by atoms with E-state index >= 15 is 0 Å². The number of benzene rings is 1. The minimum atomic E-state index is -0.648. The summed E-state index contributed by atoms with van der Waals surface area (Å²) in [5.41, 5.74) is -0.151. The van der Waals surface area contributed by atoms with Crippen LogP contribution in [0.3, 0.4) is 0 Å². The first-order valence-electron chi connectivity index (χ1n) is 5.93. The van der Waals surface area contributed by atoms with Crippen LogP contribution in [0.15, 0.2) is 18.2 Å². The van der Waals surface area contributed by atoms with E-state index in [4.69, 9.17) is 21.1 Å². The van der Waals surface area contributed by atoms with Crippen LogP contribution in [0.2, 0.25) is 5.02 Å². The van der Waals surface area contributed by atoms with Gasteiger partial charge in [-0.1, -0.05) is 17.7 Å². The molecule has 1 aromatic carbocycles. The van der Waals surface area contributed by atoms with Gasteiger partial charge in [0.1, 0.15) is 11.9 Å². The Kier molecular flexibility index (Phi) is 4.08. The fourth-order valence-corrected chi connectivity index (χ4v) is 2.12. The summed E-state index contributed by atoms with van der Waals surface area (Å²) in [7, 11) is 0. The largest absolute Gasteiger partial charge is 0.349 e. The van der Waals surface area contributed by atoms with Crippen molar-refractivity contribution in [1.82, 2.24) is 5.32 Å². The van der Waals surface area contributed by atoms with Crippen molar-refractivity contribution in [1.29, 1.82) is 0 Å². The number of amides is 1. The summed E-state index contributed by atoms with van der Waals surface area (Å²) >= 11 is 5.81. The van der Waals surface area contributed by atoms with Crippen molar-refractivity contribution in [2.45, 2.75) is 25.7 Å². The van der Waals surface area contributed by atoms with E-state index in [1.54, 1.807) is 13.8 Å². The molecule has 1 aliphatic rings. The molecule has 0 aliphatic carbocycles. The Labute approximate surface area is 115 Å². The molecule has 1 aliphatic heterocycles. The van der Waals surface area contributed by atoms with Gasteiger partial charge in [-0.3, -0.25) is 4.79 Å². The molecule has 1 atom stereocenters. The number of nitrogens with one attached hydrogen (secondary N) is 1. The molecule has 0 saturated carbocycles. The minimum Gasteiger partial charge on any atom is -0.349 e. The van der Waals surface area contributed by atoms with E-state index in [0.29, 0.717) is 6.61 Å². The fourth-order valence-electron chi connectivity index (χ4n) is 1.87. The Morgan fingerprint density at radius 1 is 1.58 bits per heavy atom. The predicted octanol–water partition coefficient (Wildman–Crippen LogP) is 2.36. The van der Waals surface area contributed by atoms with E-state index in [0.717, 1.165) is 0 Å². The number of halogens is 2. The first-order valence-corrected chi connectivity index (χ1v) is 6.31. The minimum absolute atomic E-state index is 0.0846. The maximum atomic E-state index is 13.5. The molecule has 19 heavy (non-hydrogen) atoms. The van der Waals surface area contributed by atoms with Gasteiger partial charge in [0.25, 0.3) is 5.91 Å². The van der Waals surface area contributed by atoms with Gasteiger partial charge < -0.3 is 14.8 Å². The molecule has 4 nitrogen and oxygen atoms in total. The number of rotatable bonds is 3. The van der Waals surface area contributed by atoms with Crippen LogP contribution in [-0.4, -0.2) is 30.9 Å². The predicted molar refractivity (Wildman–Crippen MR) is 68.6 cm³/mol. The van der Waals surface area contributed by atoms with E-state index in [-0.39, 0.29) is 23.2 Å². The number of hydrogen-bond donors (Lipinski definition) is 1. The zero-order valence-electron chi connectivity index (χ0n) is 10.7. The highest BCUT2D eigenvalue weighted by Crippen LogP contribution is 2.22. The van der Waals surface area contributed by atoms with Crippen LogP contribution in [0.4, 0.5) is 4.39 Å². The lowest BCUT2D eigenvalue weighted by molar-refractivity contribution is -0.137. The molecule has 1 heterocycles. The van der Waals surface area contributed by atoms with E-state index in [1.165, 1.54) is 18.2 Å². The Hall–Kier alpha value is -1.17. The molecule has 1 amide bonds. The maximum Gasteiger partial charge on any atom is 0.255 e. The van der Waals surface area contributed by atoms with Crippen molar-refractivity contribution in [3.63, 3.8) is 0 Å². The highest BCUT2D eigenvalue weighted by molar-refractivity contribution is 6.33. The fraction of sp³-hybridized carbons (Fsp3) is 0.462. The van der Waals surface area contributed by atoms with Crippen molar-refractivity contribution >= 4 is 17.5 Å². The molecule has 104 valence electrons. The molecule has 1 N–H and O–H groups in total. The van der Waals surface area contributed by atoms with Crippen molar-refractivity contribution in [3.8, 4) is 0 Å². The second-order valence-electron chi connectivity index (χ2n) is 4.76. The molecule has 2 rings (SSSR count). The van der Waals surface area contributed by atoms with Crippen molar-refractivity contribution in [2.75, 3.05) is 13.2 Å². The second-order valence-corrected chi connectivity index (χ2v) is 5.16. The van der Waals surface area contributed by atoms with Crippen LogP contribution in [0.5, 0.6) is 0 Å². The summed E-state index contributed by atoms with van der Waals surface area (Å²) < 4.78 is 24.4. The lowest BCUT2D eigenvalue weighted by Crippen LogP contribution is -2.35. The summed E-state index contributed by atoms with van der Waals surface area (Å²) in [4.78, 5) is 11.9. The summed E-state index contributed by atoms with van der Waals surface area (Å²) in [5.74, 6) is -1.85. The van der Waals surface area contributed by atoms with Gasteiger partial charge in [-0.25, -0.2) is 4.39 Å². The lowest BCUT2D eigenvalue weighted by Gasteiger charge is -2.17. The molecule has 1 saturated heterocycles. The first-order chi connectivity index (χ1) is 8.89. The standard InChI is InChI=1S/C13H15ClFNO3/c1-13(2)18-7-8(19-13)6-16-12(17)11-9(14)4-3-5-10(11)15/h3-5,8H,6-7H2,1-2H3,(H,16,17). The van der Waals surface area contributed by atoms with Gasteiger partial charge >= 0.3 is 0 Å². The van der Waals surface area contributed by atoms with E-state index in [2.05, 4.69) is 5.32 Å².